The maximum Gasteiger partial charge on any atom is 0.387 e. The largest absolute Gasteiger partial charge is 0.490 e. The monoisotopic (exact) mass is 351 g/mol. The lowest BCUT2D eigenvalue weighted by molar-refractivity contribution is -0.139. The van der Waals surface area contributed by atoms with Crippen molar-refractivity contribution in [3.63, 3.8) is 0 Å². The molecule has 0 spiro atoms. The molecule has 0 saturated heterocycles. The van der Waals surface area contributed by atoms with Gasteiger partial charge < -0.3 is 14.6 Å². The van der Waals surface area contributed by atoms with Crippen LogP contribution in [0.25, 0.3) is 0 Å². The van der Waals surface area contributed by atoms with Gasteiger partial charge in [0.2, 0.25) is 0 Å². The fraction of sp³-hybridized carbons (Fsp3) is 0.278. The summed E-state index contributed by atoms with van der Waals surface area (Å²) in [5.41, 5.74) is 1.31. The van der Waals surface area contributed by atoms with Crippen LogP contribution in [0.2, 0.25) is 0 Å². The third-order valence-electron chi connectivity index (χ3n) is 3.41. The number of hydrogen-bond donors (Lipinski definition) is 2. The van der Waals surface area contributed by atoms with Crippen molar-refractivity contribution >= 4 is 5.97 Å². The molecule has 25 heavy (non-hydrogen) atoms. The molecule has 1 atom stereocenters. The van der Waals surface area contributed by atoms with Crippen molar-refractivity contribution in [2.24, 2.45) is 0 Å². The second kappa shape index (κ2) is 8.98. The quantitative estimate of drug-likeness (QED) is 0.722. The number of carboxylic acid groups (broad SMARTS) is 1. The van der Waals surface area contributed by atoms with E-state index in [0.29, 0.717) is 11.1 Å². The number of halogens is 2. The van der Waals surface area contributed by atoms with Gasteiger partial charge in [-0.15, -0.1) is 0 Å². The van der Waals surface area contributed by atoms with Gasteiger partial charge in [0.05, 0.1) is 6.61 Å². The maximum atomic E-state index is 12.4. The fourth-order valence-electron chi connectivity index (χ4n) is 2.34. The summed E-state index contributed by atoms with van der Waals surface area (Å²) in [6, 6.07) is 12.4. The van der Waals surface area contributed by atoms with Gasteiger partial charge in [0.25, 0.3) is 0 Å². The minimum absolute atomic E-state index is 0.0570. The summed E-state index contributed by atoms with van der Waals surface area (Å²) in [5.74, 6) is -0.874. The first-order chi connectivity index (χ1) is 12.0. The molecule has 2 aromatic rings. The van der Waals surface area contributed by atoms with Crippen LogP contribution in [0.3, 0.4) is 0 Å². The average molecular weight is 351 g/mol. The van der Waals surface area contributed by atoms with Crippen LogP contribution in [0.4, 0.5) is 8.78 Å². The Morgan fingerprint density at radius 1 is 1.16 bits per heavy atom. The van der Waals surface area contributed by atoms with Crippen LogP contribution in [0, 0.1) is 0 Å². The number of carboxylic acids is 1. The van der Waals surface area contributed by atoms with Crippen molar-refractivity contribution in [1.29, 1.82) is 0 Å². The zero-order valence-corrected chi connectivity index (χ0v) is 13.6. The predicted octanol–water partition coefficient (Wildman–Crippen LogP) is 3.60. The molecule has 134 valence electrons. The second-order valence-electron chi connectivity index (χ2n) is 5.16. The average Bonchev–Trinajstić information content (AvgIpc) is 2.58. The van der Waals surface area contributed by atoms with E-state index < -0.39 is 18.6 Å². The van der Waals surface area contributed by atoms with Crippen LogP contribution in [-0.2, 0) is 11.3 Å². The summed E-state index contributed by atoms with van der Waals surface area (Å²) in [7, 11) is 0. The minimum Gasteiger partial charge on any atom is -0.490 e. The van der Waals surface area contributed by atoms with Crippen molar-refractivity contribution < 1.29 is 28.2 Å². The molecular formula is C18H19F2NO4. The molecule has 0 radical (unpaired) electrons. The van der Waals surface area contributed by atoms with E-state index in [-0.39, 0.29) is 24.7 Å². The summed E-state index contributed by atoms with van der Waals surface area (Å²) in [6.45, 7) is -0.704. The zero-order chi connectivity index (χ0) is 18.2. The highest BCUT2D eigenvalue weighted by Crippen LogP contribution is 2.30. The molecule has 0 aliphatic rings. The van der Waals surface area contributed by atoms with E-state index >= 15 is 0 Å². The Balaban J connectivity index is 2.13. The Kier molecular flexibility index (Phi) is 6.71. The molecule has 2 rings (SSSR count). The molecule has 0 heterocycles. The Morgan fingerprint density at radius 3 is 2.48 bits per heavy atom. The molecule has 2 N–H and O–H groups in total. The summed E-state index contributed by atoms with van der Waals surface area (Å²) < 4.78 is 34.6. The number of rotatable bonds is 9. The number of hydrogen-bond acceptors (Lipinski definition) is 4. The van der Waals surface area contributed by atoms with E-state index in [0.717, 1.165) is 0 Å². The fourth-order valence-corrected chi connectivity index (χ4v) is 2.34. The molecule has 0 aliphatic heterocycles. The zero-order valence-electron chi connectivity index (χ0n) is 13.6. The topological polar surface area (TPSA) is 67.8 Å². The molecular weight excluding hydrogens is 332 g/mol. The maximum absolute atomic E-state index is 12.4. The van der Waals surface area contributed by atoms with E-state index in [1.54, 1.807) is 49.4 Å². The van der Waals surface area contributed by atoms with E-state index in [1.807, 2.05) is 0 Å². The SMILES string of the molecule is CCOc1cc(CN[C@H](C(=O)O)c2ccccc2)ccc1OC(F)F. The lowest BCUT2D eigenvalue weighted by atomic mass is 10.1. The van der Waals surface area contributed by atoms with Gasteiger partial charge in [-0.25, -0.2) is 0 Å². The second-order valence-corrected chi connectivity index (χ2v) is 5.16. The van der Waals surface area contributed by atoms with Crippen molar-refractivity contribution in [1.82, 2.24) is 5.32 Å². The highest BCUT2D eigenvalue weighted by Gasteiger charge is 2.19. The minimum atomic E-state index is -2.95. The van der Waals surface area contributed by atoms with Gasteiger partial charge in [-0.2, -0.15) is 8.78 Å². The highest BCUT2D eigenvalue weighted by atomic mass is 19.3. The molecule has 0 amide bonds. The Hall–Kier alpha value is -2.67. The van der Waals surface area contributed by atoms with Crippen molar-refractivity contribution in [3.05, 3.63) is 59.7 Å². The number of carbonyl (C=O) groups is 1. The summed E-state index contributed by atoms with van der Waals surface area (Å²) in [5, 5.41) is 12.3. The van der Waals surface area contributed by atoms with Crippen LogP contribution in [0.5, 0.6) is 11.5 Å². The molecule has 0 fully saturated rings. The molecule has 0 aliphatic carbocycles. The van der Waals surface area contributed by atoms with Crippen molar-refractivity contribution in [2.45, 2.75) is 26.1 Å². The first kappa shape index (κ1) is 18.7. The lowest BCUT2D eigenvalue weighted by Gasteiger charge is -2.16. The van der Waals surface area contributed by atoms with Crippen LogP contribution >= 0.6 is 0 Å². The summed E-state index contributed by atoms with van der Waals surface area (Å²) in [6.07, 6.45) is 0. The standard InChI is InChI=1S/C18H19F2NO4/c1-2-24-15-10-12(8-9-14(15)25-18(19)20)11-21-16(17(22)23)13-6-4-3-5-7-13/h3-10,16,18,21H,2,11H2,1H3,(H,22,23)/t16-/m0/s1. The molecule has 0 bridgehead atoms. The van der Waals surface area contributed by atoms with Crippen LogP contribution in [-0.4, -0.2) is 24.3 Å². The van der Waals surface area contributed by atoms with Gasteiger partial charge in [0.1, 0.15) is 6.04 Å². The first-order valence-corrected chi connectivity index (χ1v) is 7.73. The predicted molar refractivity (Wildman–Crippen MR) is 87.9 cm³/mol. The van der Waals surface area contributed by atoms with Gasteiger partial charge in [-0.1, -0.05) is 36.4 Å². The lowest BCUT2D eigenvalue weighted by Crippen LogP contribution is -2.28. The van der Waals surface area contributed by atoms with Crippen molar-refractivity contribution in [2.75, 3.05) is 6.61 Å². The Bertz CT molecular complexity index is 695. The number of aliphatic carboxylic acids is 1. The molecule has 7 heteroatoms. The third kappa shape index (κ3) is 5.42. The summed E-state index contributed by atoms with van der Waals surface area (Å²) >= 11 is 0. The molecule has 0 saturated carbocycles. The number of benzene rings is 2. The van der Waals surface area contributed by atoms with Gasteiger partial charge in [0, 0.05) is 6.54 Å². The highest BCUT2D eigenvalue weighted by molar-refractivity contribution is 5.75. The number of nitrogens with one attached hydrogen (secondary N) is 1. The molecule has 5 nitrogen and oxygen atoms in total. The van der Waals surface area contributed by atoms with Crippen LogP contribution in [0.1, 0.15) is 24.1 Å². The molecule has 0 aromatic heterocycles. The Labute approximate surface area is 144 Å². The molecule has 2 aromatic carbocycles. The number of alkyl halides is 2. The third-order valence-corrected chi connectivity index (χ3v) is 3.41. The van der Waals surface area contributed by atoms with Gasteiger partial charge in [-0.3, -0.25) is 10.1 Å². The Morgan fingerprint density at radius 2 is 1.88 bits per heavy atom. The first-order valence-electron chi connectivity index (χ1n) is 7.73. The van der Waals surface area contributed by atoms with E-state index in [1.165, 1.54) is 6.07 Å². The van der Waals surface area contributed by atoms with E-state index in [4.69, 9.17) is 4.74 Å². The van der Waals surface area contributed by atoms with Gasteiger partial charge in [-0.05, 0) is 30.2 Å². The van der Waals surface area contributed by atoms with Crippen LogP contribution in [0.15, 0.2) is 48.5 Å². The van der Waals surface area contributed by atoms with E-state index in [2.05, 4.69) is 10.1 Å². The smallest absolute Gasteiger partial charge is 0.387 e. The van der Waals surface area contributed by atoms with Crippen LogP contribution < -0.4 is 14.8 Å². The molecule has 0 unspecified atom stereocenters. The van der Waals surface area contributed by atoms with Gasteiger partial charge >= 0.3 is 12.6 Å². The summed E-state index contributed by atoms with van der Waals surface area (Å²) in [4.78, 5) is 11.5. The van der Waals surface area contributed by atoms with E-state index in [9.17, 15) is 18.7 Å². The number of ether oxygens (including phenoxy) is 2. The normalized spacial score (nSPS) is 12.0. The van der Waals surface area contributed by atoms with Crippen molar-refractivity contribution in [3.8, 4) is 11.5 Å². The van der Waals surface area contributed by atoms with Gasteiger partial charge in [0.15, 0.2) is 11.5 Å².